The van der Waals surface area contributed by atoms with Crippen LogP contribution in [0.5, 0.6) is 11.5 Å². The van der Waals surface area contributed by atoms with Crippen LogP contribution in [0.1, 0.15) is 5.56 Å². The minimum atomic E-state index is -4.18. The second-order valence-electron chi connectivity index (χ2n) is 6.42. The third-order valence-corrected chi connectivity index (χ3v) is 5.72. The number of hydrazone groups is 1. The van der Waals surface area contributed by atoms with E-state index in [0.29, 0.717) is 17.1 Å². The van der Waals surface area contributed by atoms with Crippen LogP contribution in [-0.2, 0) is 10.0 Å². The van der Waals surface area contributed by atoms with Crippen LogP contribution in [0.4, 0.5) is 17.1 Å². The van der Waals surface area contributed by atoms with Crippen LogP contribution in [0.3, 0.4) is 0 Å². The Bertz CT molecular complexity index is 1240. The highest BCUT2D eigenvalue weighted by Gasteiger charge is 2.22. The van der Waals surface area contributed by atoms with E-state index in [4.69, 9.17) is 9.47 Å². The molecule has 0 heterocycles. The second-order valence-corrected chi connectivity index (χ2v) is 8.07. The summed E-state index contributed by atoms with van der Waals surface area (Å²) in [5, 5.41) is 15.3. The summed E-state index contributed by atoms with van der Waals surface area (Å²) in [6.07, 6.45) is 1.47. The van der Waals surface area contributed by atoms with Crippen LogP contribution >= 0.6 is 0 Å². The highest BCUT2D eigenvalue weighted by molar-refractivity contribution is 7.92. The zero-order valence-electron chi connectivity index (χ0n) is 17.2. The summed E-state index contributed by atoms with van der Waals surface area (Å²) in [7, 11) is -1.14. The van der Waals surface area contributed by atoms with Gasteiger partial charge in [-0.05, 0) is 48.0 Å². The molecule has 0 unspecified atom stereocenters. The van der Waals surface area contributed by atoms with Gasteiger partial charge in [-0.2, -0.15) is 5.10 Å². The van der Waals surface area contributed by atoms with Crippen molar-refractivity contribution < 1.29 is 22.8 Å². The van der Waals surface area contributed by atoms with Gasteiger partial charge in [-0.15, -0.1) is 0 Å². The van der Waals surface area contributed by atoms with Crippen molar-refractivity contribution in [2.45, 2.75) is 4.90 Å². The van der Waals surface area contributed by atoms with Crippen LogP contribution < -0.4 is 19.6 Å². The van der Waals surface area contributed by atoms with Gasteiger partial charge in [0.15, 0.2) is 0 Å². The smallest absolute Gasteiger partial charge is 0.270 e. The lowest BCUT2D eigenvalue weighted by atomic mass is 10.2. The van der Waals surface area contributed by atoms with Crippen LogP contribution in [0.2, 0.25) is 0 Å². The number of nitrogens with one attached hydrogen (secondary N) is 2. The molecule has 0 aliphatic rings. The first-order valence-electron chi connectivity index (χ1n) is 9.21. The summed E-state index contributed by atoms with van der Waals surface area (Å²) < 4.78 is 38.6. The van der Waals surface area contributed by atoms with E-state index in [-0.39, 0.29) is 22.0 Å². The topological polar surface area (TPSA) is 132 Å². The van der Waals surface area contributed by atoms with Crippen LogP contribution in [0.15, 0.2) is 76.7 Å². The molecule has 0 fully saturated rings. The minimum absolute atomic E-state index is 0.0655. The highest BCUT2D eigenvalue weighted by Crippen LogP contribution is 2.29. The molecule has 0 aromatic heterocycles. The number of ether oxygens (including phenoxy) is 2. The number of nitrogens with zero attached hydrogens (tertiary/aromatic N) is 2. The first-order chi connectivity index (χ1) is 15.3. The summed E-state index contributed by atoms with van der Waals surface area (Å²) in [5.74, 6) is 1.19. The predicted molar refractivity (Wildman–Crippen MR) is 121 cm³/mol. The molecule has 166 valence electrons. The molecule has 0 saturated carbocycles. The molecule has 11 heteroatoms. The molecular formula is C21H20N4O6S. The fraction of sp³-hybridized carbons (Fsp3) is 0.0952. The van der Waals surface area contributed by atoms with Crippen molar-refractivity contribution in [2.24, 2.45) is 5.10 Å². The Hall–Kier alpha value is -4.12. The standard InChI is InChI=1S/C21H20N4O6S/c1-30-18-9-6-16(7-10-18)24-32(28,29)21-13-17(25(26)27)8-11-20(21)23-22-14-15-4-3-5-19(12-15)31-2/h3-14,23-24H,1-2H3. The molecule has 0 amide bonds. The van der Waals surface area contributed by atoms with Crippen molar-refractivity contribution in [3.63, 3.8) is 0 Å². The number of non-ortho nitro benzene ring substituents is 1. The van der Waals surface area contributed by atoms with Crippen LogP contribution in [0, 0.1) is 10.1 Å². The van der Waals surface area contributed by atoms with Crippen molar-refractivity contribution in [2.75, 3.05) is 24.4 Å². The molecule has 3 aromatic rings. The van der Waals surface area contributed by atoms with Crippen molar-refractivity contribution >= 4 is 33.3 Å². The Morgan fingerprint density at radius 2 is 1.69 bits per heavy atom. The number of methoxy groups -OCH3 is 2. The molecule has 10 nitrogen and oxygen atoms in total. The maximum Gasteiger partial charge on any atom is 0.270 e. The molecule has 0 saturated heterocycles. The maximum atomic E-state index is 13.0. The van der Waals surface area contributed by atoms with Gasteiger partial charge in [0, 0.05) is 17.8 Å². The lowest BCUT2D eigenvalue weighted by molar-refractivity contribution is -0.385. The van der Waals surface area contributed by atoms with Gasteiger partial charge in [0.25, 0.3) is 15.7 Å². The summed E-state index contributed by atoms with van der Waals surface area (Å²) in [5.41, 5.74) is 3.31. The molecule has 3 aromatic carbocycles. The Morgan fingerprint density at radius 3 is 2.34 bits per heavy atom. The molecular weight excluding hydrogens is 436 g/mol. The fourth-order valence-electron chi connectivity index (χ4n) is 2.71. The van der Waals surface area contributed by atoms with Gasteiger partial charge in [0.05, 0.1) is 31.0 Å². The molecule has 0 bridgehead atoms. The Balaban J connectivity index is 1.91. The molecule has 0 spiro atoms. The fourth-order valence-corrected chi connectivity index (χ4v) is 3.94. The molecule has 0 aliphatic carbocycles. The molecule has 32 heavy (non-hydrogen) atoms. The monoisotopic (exact) mass is 456 g/mol. The number of hydrogen-bond acceptors (Lipinski definition) is 8. The quantitative estimate of drug-likeness (QED) is 0.284. The first kappa shape index (κ1) is 22.6. The van der Waals surface area contributed by atoms with Crippen LogP contribution in [0.25, 0.3) is 0 Å². The number of hydrogen-bond donors (Lipinski definition) is 2. The summed E-state index contributed by atoms with van der Waals surface area (Å²) in [6.45, 7) is 0. The first-order valence-corrected chi connectivity index (χ1v) is 10.7. The summed E-state index contributed by atoms with van der Waals surface area (Å²) >= 11 is 0. The van der Waals surface area contributed by atoms with E-state index in [0.717, 1.165) is 6.07 Å². The normalized spacial score (nSPS) is 11.2. The van der Waals surface area contributed by atoms with Crippen molar-refractivity contribution in [1.29, 1.82) is 0 Å². The number of benzene rings is 3. The summed E-state index contributed by atoms with van der Waals surface area (Å²) in [4.78, 5) is 10.2. The van der Waals surface area contributed by atoms with Crippen LogP contribution in [-0.4, -0.2) is 33.8 Å². The number of nitro benzene ring substituents is 1. The number of nitro groups is 1. The van der Waals surface area contributed by atoms with E-state index in [1.165, 1.54) is 37.6 Å². The van der Waals surface area contributed by atoms with Gasteiger partial charge >= 0.3 is 0 Å². The minimum Gasteiger partial charge on any atom is -0.497 e. The van der Waals surface area contributed by atoms with E-state index in [9.17, 15) is 18.5 Å². The van der Waals surface area contributed by atoms with Crippen molar-refractivity contribution in [3.8, 4) is 11.5 Å². The van der Waals surface area contributed by atoms with Crippen molar-refractivity contribution in [3.05, 3.63) is 82.4 Å². The average molecular weight is 456 g/mol. The lowest BCUT2D eigenvalue weighted by Crippen LogP contribution is -2.15. The van der Waals surface area contributed by atoms with Gasteiger partial charge in [-0.1, -0.05) is 12.1 Å². The SMILES string of the molecule is COc1ccc(NS(=O)(=O)c2cc([N+](=O)[O-])ccc2NN=Cc2cccc(OC)c2)cc1. The zero-order chi connectivity index (χ0) is 23.1. The zero-order valence-corrected chi connectivity index (χ0v) is 18.0. The molecule has 3 rings (SSSR count). The summed E-state index contributed by atoms with van der Waals surface area (Å²) in [6, 6.07) is 16.7. The lowest BCUT2D eigenvalue weighted by Gasteiger charge is -2.12. The van der Waals surface area contributed by atoms with Gasteiger partial charge in [-0.25, -0.2) is 8.42 Å². The van der Waals surface area contributed by atoms with Gasteiger partial charge in [0.2, 0.25) is 0 Å². The van der Waals surface area contributed by atoms with Gasteiger partial charge < -0.3 is 9.47 Å². The predicted octanol–water partition coefficient (Wildman–Crippen LogP) is 3.86. The molecule has 0 aliphatic heterocycles. The molecule has 0 atom stereocenters. The number of rotatable bonds is 9. The third kappa shape index (κ3) is 5.52. The number of anilines is 2. The van der Waals surface area contributed by atoms with E-state index < -0.39 is 14.9 Å². The second kappa shape index (κ2) is 9.79. The van der Waals surface area contributed by atoms with E-state index in [1.807, 2.05) is 0 Å². The Labute approximate surface area is 184 Å². The highest BCUT2D eigenvalue weighted by atomic mass is 32.2. The third-order valence-electron chi connectivity index (χ3n) is 4.30. The Kier molecular flexibility index (Phi) is 6.90. The Morgan fingerprint density at radius 1 is 0.969 bits per heavy atom. The van der Waals surface area contributed by atoms with Gasteiger partial charge in [-0.3, -0.25) is 20.3 Å². The average Bonchev–Trinajstić information content (AvgIpc) is 2.79. The van der Waals surface area contributed by atoms with E-state index in [1.54, 1.807) is 43.5 Å². The van der Waals surface area contributed by atoms with E-state index >= 15 is 0 Å². The van der Waals surface area contributed by atoms with E-state index in [2.05, 4.69) is 15.2 Å². The van der Waals surface area contributed by atoms with Crippen molar-refractivity contribution in [1.82, 2.24) is 0 Å². The number of sulfonamides is 1. The largest absolute Gasteiger partial charge is 0.497 e. The molecule has 0 radical (unpaired) electrons. The van der Waals surface area contributed by atoms with Gasteiger partial charge in [0.1, 0.15) is 16.4 Å². The maximum absolute atomic E-state index is 13.0. The molecule has 2 N–H and O–H groups in total.